The van der Waals surface area contributed by atoms with Crippen molar-refractivity contribution in [2.24, 2.45) is 0 Å². The lowest BCUT2D eigenvalue weighted by atomic mass is 9.87. The van der Waals surface area contributed by atoms with Crippen LogP contribution in [0.5, 0.6) is 0 Å². The molecule has 0 atom stereocenters. The van der Waals surface area contributed by atoms with Crippen molar-refractivity contribution >= 4 is 11.1 Å². The molecule has 170 valence electrons. The number of benzene rings is 3. The van der Waals surface area contributed by atoms with E-state index in [1.165, 1.54) is 24.3 Å². The van der Waals surface area contributed by atoms with E-state index in [0.29, 0.717) is 5.92 Å². The van der Waals surface area contributed by atoms with Gasteiger partial charge in [0.15, 0.2) is 11.5 Å². The van der Waals surface area contributed by atoms with Crippen molar-refractivity contribution in [3.63, 3.8) is 0 Å². The highest BCUT2D eigenvalue weighted by Crippen LogP contribution is 2.32. The highest BCUT2D eigenvalue weighted by atomic mass is 19.1. The van der Waals surface area contributed by atoms with Crippen LogP contribution in [0.25, 0.3) is 11.1 Å². The van der Waals surface area contributed by atoms with Crippen molar-refractivity contribution in [1.29, 1.82) is 0 Å². The summed E-state index contributed by atoms with van der Waals surface area (Å²) in [5.41, 5.74) is 3.93. The van der Waals surface area contributed by atoms with E-state index >= 15 is 0 Å². The number of nitrogens with zero attached hydrogens (tertiary/aromatic N) is 2. The zero-order chi connectivity index (χ0) is 22.6. The fraction of sp³-hybridized carbons (Fsp3) is 0.321. The summed E-state index contributed by atoms with van der Waals surface area (Å²) in [7, 11) is 0. The van der Waals surface area contributed by atoms with E-state index in [4.69, 9.17) is 4.42 Å². The average Bonchev–Trinajstić information content (AvgIpc) is 3.28. The van der Waals surface area contributed by atoms with Crippen LogP contribution in [0.1, 0.15) is 54.5 Å². The summed E-state index contributed by atoms with van der Waals surface area (Å²) in [5.74, 6) is 0.892. The zero-order valence-corrected chi connectivity index (χ0v) is 18.6. The maximum atomic E-state index is 13.4. The number of hydrogen-bond donors (Lipinski definition) is 0. The van der Waals surface area contributed by atoms with E-state index in [-0.39, 0.29) is 17.6 Å². The first-order valence-electron chi connectivity index (χ1n) is 11.7. The number of likely N-dealkylation sites (tertiary alicyclic amines) is 1. The summed E-state index contributed by atoms with van der Waals surface area (Å²) in [5, 5.41) is 0. The molecule has 0 N–H and O–H groups in total. The maximum absolute atomic E-state index is 13.4. The molecule has 3 nitrogen and oxygen atoms in total. The Morgan fingerprint density at radius 3 is 2.06 bits per heavy atom. The molecule has 0 bridgehead atoms. The van der Waals surface area contributed by atoms with Gasteiger partial charge < -0.3 is 9.32 Å². The Labute approximate surface area is 193 Å². The fourth-order valence-corrected chi connectivity index (χ4v) is 4.90. The Morgan fingerprint density at radius 2 is 1.45 bits per heavy atom. The number of hydrogen-bond acceptors (Lipinski definition) is 3. The molecule has 0 saturated carbocycles. The van der Waals surface area contributed by atoms with Crippen molar-refractivity contribution in [1.82, 2.24) is 9.88 Å². The number of piperidine rings is 1. The molecular formula is C28H28F2N2O. The largest absolute Gasteiger partial charge is 0.440 e. The lowest BCUT2D eigenvalue weighted by Crippen LogP contribution is -2.33. The van der Waals surface area contributed by atoms with Gasteiger partial charge in [-0.15, -0.1) is 0 Å². The van der Waals surface area contributed by atoms with Gasteiger partial charge in [-0.25, -0.2) is 13.8 Å². The van der Waals surface area contributed by atoms with Crippen LogP contribution in [-0.4, -0.2) is 29.5 Å². The minimum absolute atomic E-state index is 0.128. The number of rotatable bonds is 7. The molecule has 2 heterocycles. The van der Waals surface area contributed by atoms with Crippen molar-refractivity contribution in [3.05, 3.63) is 101 Å². The second-order valence-electron chi connectivity index (χ2n) is 8.93. The number of aromatic nitrogens is 1. The van der Waals surface area contributed by atoms with Gasteiger partial charge in [0, 0.05) is 11.8 Å². The van der Waals surface area contributed by atoms with Crippen LogP contribution in [0.2, 0.25) is 0 Å². The molecule has 1 aromatic heterocycles. The minimum Gasteiger partial charge on any atom is -0.440 e. The summed E-state index contributed by atoms with van der Waals surface area (Å²) in [6.07, 6.45) is 4.05. The standard InChI is InChI=1S/C28H28F2N2O/c29-23-11-7-20(8-12-23)25(21-9-13-24(30)14-10-21)4-3-17-32-18-15-22(16-19-32)28-31-26-5-1-2-6-27(26)33-28/h1-2,5-14,22,25H,3-4,15-19H2. The number of fused-ring (bicyclic) bond motifs is 1. The second-order valence-corrected chi connectivity index (χ2v) is 8.93. The Kier molecular flexibility index (Phi) is 6.49. The van der Waals surface area contributed by atoms with Gasteiger partial charge in [0.25, 0.3) is 0 Å². The Hall–Kier alpha value is -3.05. The fourth-order valence-electron chi connectivity index (χ4n) is 4.90. The number of oxazole rings is 1. The second kappa shape index (κ2) is 9.84. The van der Waals surface area contributed by atoms with E-state index in [2.05, 4.69) is 9.88 Å². The summed E-state index contributed by atoms with van der Waals surface area (Å²) in [4.78, 5) is 7.19. The molecule has 0 unspecified atom stereocenters. The Bertz CT molecular complexity index is 1100. The van der Waals surface area contributed by atoms with Crippen LogP contribution >= 0.6 is 0 Å². The topological polar surface area (TPSA) is 29.3 Å². The van der Waals surface area contributed by atoms with E-state index in [0.717, 1.165) is 73.4 Å². The van der Waals surface area contributed by atoms with Crippen molar-refractivity contribution < 1.29 is 13.2 Å². The van der Waals surface area contributed by atoms with Gasteiger partial charge in [-0.05, 0) is 92.8 Å². The van der Waals surface area contributed by atoms with Gasteiger partial charge >= 0.3 is 0 Å². The SMILES string of the molecule is Fc1ccc(C(CCCN2CCC(c3nc4ccccc4o3)CC2)c2ccc(F)cc2)cc1. The average molecular weight is 447 g/mol. The van der Waals surface area contributed by atoms with Crippen LogP contribution in [-0.2, 0) is 0 Å². The first kappa shape index (κ1) is 21.8. The highest BCUT2D eigenvalue weighted by molar-refractivity contribution is 5.72. The van der Waals surface area contributed by atoms with Crippen LogP contribution in [0, 0.1) is 11.6 Å². The molecule has 0 radical (unpaired) electrons. The van der Waals surface area contributed by atoms with Gasteiger partial charge in [0.05, 0.1) is 0 Å². The zero-order valence-electron chi connectivity index (χ0n) is 18.6. The van der Waals surface area contributed by atoms with E-state index in [1.807, 2.05) is 48.5 Å². The molecule has 5 rings (SSSR count). The molecule has 3 aromatic carbocycles. The molecule has 1 aliphatic rings. The van der Waals surface area contributed by atoms with Crippen molar-refractivity contribution in [3.8, 4) is 0 Å². The van der Waals surface area contributed by atoms with Gasteiger partial charge in [0.2, 0.25) is 0 Å². The highest BCUT2D eigenvalue weighted by Gasteiger charge is 2.25. The molecule has 1 saturated heterocycles. The summed E-state index contributed by atoms with van der Waals surface area (Å²) in [6.45, 7) is 3.07. The smallest absolute Gasteiger partial charge is 0.198 e. The predicted molar refractivity (Wildman–Crippen MR) is 126 cm³/mol. The molecule has 33 heavy (non-hydrogen) atoms. The summed E-state index contributed by atoms with van der Waals surface area (Å²) >= 11 is 0. The Balaban J connectivity index is 1.18. The lowest BCUT2D eigenvalue weighted by Gasteiger charge is -2.31. The lowest BCUT2D eigenvalue weighted by molar-refractivity contribution is 0.197. The van der Waals surface area contributed by atoms with Crippen molar-refractivity contribution in [2.45, 2.75) is 37.5 Å². The van der Waals surface area contributed by atoms with Crippen LogP contribution < -0.4 is 0 Å². The molecule has 0 amide bonds. The minimum atomic E-state index is -0.238. The van der Waals surface area contributed by atoms with Gasteiger partial charge in [-0.3, -0.25) is 0 Å². The molecule has 0 aliphatic carbocycles. The number of para-hydroxylation sites is 2. The first-order valence-corrected chi connectivity index (χ1v) is 11.7. The quantitative estimate of drug-likeness (QED) is 0.309. The van der Waals surface area contributed by atoms with E-state index < -0.39 is 0 Å². The molecule has 1 fully saturated rings. The monoisotopic (exact) mass is 446 g/mol. The molecule has 4 aromatic rings. The molecular weight excluding hydrogens is 418 g/mol. The summed E-state index contributed by atoms with van der Waals surface area (Å²) in [6, 6.07) is 21.3. The maximum Gasteiger partial charge on any atom is 0.198 e. The van der Waals surface area contributed by atoms with Crippen LogP contribution in [0.3, 0.4) is 0 Å². The third-order valence-corrected chi connectivity index (χ3v) is 6.76. The van der Waals surface area contributed by atoms with Gasteiger partial charge in [0.1, 0.15) is 17.2 Å². The molecule has 1 aliphatic heterocycles. The Morgan fingerprint density at radius 1 is 0.848 bits per heavy atom. The molecule has 0 spiro atoms. The van der Waals surface area contributed by atoms with Gasteiger partial charge in [-0.1, -0.05) is 36.4 Å². The van der Waals surface area contributed by atoms with Crippen LogP contribution in [0.15, 0.2) is 77.2 Å². The van der Waals surface area contributed by atoms with Gasteiger partial charge in [-0.2, -0.15) is 0 Å². The normalized spacial score (nSPS) is 15.5. The summed E-state index contributed by atoms with van der Waals surface area (Å²) < 4.78 is 32.9. The number of halogens is 2. The third kappa shape index (κ3) is 5.14. The van der Waals surface area contributed by atoms with E-state index in [1.54, 1.807) is 0 Å². The van der Waals surface area contributed by atoms with E-state index in [9.17, 15) is 8.78 Å². The van der Waals surface area contributed by atoms with Crippen LogP contribution in [0.4, 0.5) is 8.78 Å². The third-order valence-electron chi connectivity index (χ3n) is 6.76. The molecule has 5 heteroatoms. The van der Waals surface area contributed by atoms with Crippen molar-refractivity contribution in [2.75, 3.05) is 19.6 Å². The predicted octanol–water partition coefficient (Wildman–Crippen LogP) is 6.90. The first-order chi connectivity index (χ1) is 16.2.